The third kappa shape index (κ3) is 2.08. The van der Waals surface area contributed by atoms with Gasteiger partial charge in [0.05, 0.1) is 10.5 Å². The summed E-state index contributed by atoms with van der Waals surface area (Å²) in [5, 5.41) is 4.13. The molecule has 1 aliphatic rings. The molecule has 0 saturated heterocycles. The number of carbonyl (C=O) groups is 1. The van der Waals surface area contributed by atoms with Crippen LogP contribution in [-0.2, 0) is 4.79 Å². The summed E-state index contributed by atoms with van der Waals surface area (Å²) in [6.07, 6.45) is 3.58. The fourth-order valence-corrected chi connectivity index (χ4v) is 1.86. The average Bonchev–Trinajstić information content (AvgIpc) is 3.14. The molecule has 0 unspecified atom stereocenters. The number of carbonyl (C=O) groups excluding carboxylic acids is 1. The van der Waals surface area contributed by atoms with Crippen molar-refractivity contribution >= 4 is 34.4 Å². The summed E-state index contributed by atoms with van der Waals surface area (Å²) < 4.78 is 0. The van der Waals surface area contributed by atoms with Crippen LogP contribution in [0.25, 0.3) is 10.9 Å². The highest BCUT2D eigenvalue weighted by Gasteiger charge is 2.30. The van der Waals surface area contributed by atoms with Crippen LogP contribution in [-0.4, -0.2) is 15.9 Å². The van der Waals surface area contributed by atoms with Gasteiger partial charge in [0.15, 0.2) is 0 Å². The molecule has 1 saturated carbocycles. The first-order chi connectivity index (χ1) is 8.24. The minimum Gasteiger partial charge on any atom is -0.294 e. The second-order valence-electron chi connectivity index (χ2n) is 4.13. The Bertz CT molecular complexity index is 595. The quantitative estimate of drug-likeness (QED) is 0.888. The molecule has 5 heteroatoms. The number of benzene rings is 1. The SMILES string of the molecule is O=C(Nc1ncc2cccc(Cl)c2n1)C1CC1. The molecule has 1 aromatic heterocycles. The highest BCUT2D eigenvalue weighted by Crippen LogP contribution is 2.30. The summed E-state index contributed by atoms with van der Waals surface area (Å²) in [5.41, 5.74) is 0.662. The van der Waals surface area contributed by atoms with Crippen molar-refractivity contribution in [2.24, 2.45) is 5.92 Å². The van der Waals surface area contributed by atoms with Crippen molar-refractivity contribution in [3.05, 3.63) is 29.4 Å². The van der Waals surface area contributed by atoms with E-state index in [1.165, 1.54) is 0 Å². The van der Waals surface area contributed by atoms with Gasteiger partial charge >= 0.3 is 0 Å². The van der Waals surface area contributed by atoms with E-state index < -0.39 is 0 Å². The Morgan fingerprint density at radius 3 is 3.00 bits per heavy atom. The maximum atomic E-state index is 11.6. The van der Waals surface area contributed by atoms with Crippen LogP contribution in [0.5, 0.6) is 0 Å². The zero-order valence-electron chi connectivity index (χ0n) is 8.98. The van der Waals surface area contributed by atoms with E-state index in [2.05, 4.69) is 15.3 Å². The standard InChI is InChI=1S/C12H10ClN3O/c13-9-3-1-2-8-6-14-12(15-10(8)9)16-11(17)7-4-5-7/h1-3,6-7H,4-5H2,(H,14,15,16,17). The molecule has 2 aromatic rings. The van der Waals surface area contributed by atoms with Gasteiger partial charge in [0, 0.05) is 17.5 Å². The molecule has 1 aliphatic carbocycles. The first kappa shape index (κ1) is 10.5. The fourth-order valence-electron chi connectivity index (χ4n) is 1.64. The average molecular weight is 248 g/mol. The van der Waals surface area contributed by atoms with Crippen LogP contribution in [0.1, 0.15) is 12.8 Å². The van der Waals surface area contributed by atoms with Gasteiger partial charge in [-0.1, -0.05) is 23.7 Å². The van der Waals surface area contributed by atoms with Gasteiger partial charge in [-0.25, -0.2) is 9.97 Å². The number of fused-ring (bicyclic) bond motifs is 1. The van der Waals surface area contributed by atoms with E-state index >= 15 is 0 Å². The third-order valence-electron chi connectivity index (χ3n) is 2.74. The zero-order chi connectivity index (χ0) is 11.8. The number of nitrogens with one attached hydrogen (secondary N) is 1. The molecule has 86 valence electrons. The lowest BCUT2D eigenvalue weighted by Crippen LogP contribution is -2.15. The van der Waals surface area contributed by atoms with Crippen molar-refractivity contribution in [1.29, 1.82) is 0 Å². The molecule has 1 amide bonds. The molecule has 0 aliphatic heterocycles. The summed E-state index contributed by atoms with van der Waals surface area (Å²) in [5.74, 6) is 0.458. The molecule has 1 heterocycles. The lowest BCUT2D eigenvalue weighted by atomic mass is 10.2. The third-order valence-corrected chi connectivity index (χ3v) is 3.05. The van der Waals surface area contributed by atoms with Gasteiger partial charge in [0.25, 0.3) is 0 Å². The van der Waals surface area contributed by atoms with E-state index in [1.807, 2.05) is 12.1 Å². The van der Waals surface area contributed by atoms with Crippen molar-refractivity contribution < 1.29 is 4.79 Å². The molecule has 1 fully saturated rings. The number of amides is 1. The van der Waals surface area contributed by atoms with Gasteiger partial charge in [-0.3, -0.25) is 10.1 Å². The Labute approximate surface area is 103 Å². The molecular weight excluding hydrogens is 238 g/mol. The van der Waals surface area contributed by atoms with Crippen molar-refractivity contribution in [1.82, 2.24) is 9.97 Å². The molecule has 0 atom stereocenters. The Balaban J connectivity index is 1.95. The topological polar surface area (TPSA) is 54.9 Å². The van der Waals surface area contributed by atoms with E-state index in [4.69, 9.17) is 11.6 Å². The van der Waals surface area contributed by atoms with Crippen molar-refractivity contribution in [2.45, 2.75) is 12.8 Å². The Morgan fingerprint density at radius 2 is 2.24 bits per heavy atom. The molecule has 1 aromatic carbocycles. The van der Waals surface area contributed by atoms with E-state index in [-0.39, 0.29) is 11.8 Å². The van der Waals surface area contributed by atoms with Crippen molar-refractivity contribution in [2.75, 3.05) is 5.32 Å². The molecule has 4 nitrogen and oxygen atoms in total. The minimum atomic E-state index is -0.00333. The number of rotatable bonds is 2. The summed E-state index contributed by atoms with van der Waals surface area (Å²) in [6.45, 7) is 0. The van der Waals surface area contributed by atoms with Crippen LogP contribution in [0.2, 0.25) is 5.02 Å². The summed E-state index contributed by atoms with van der Waals surface area (Å²) in [6, 6.07) is 5.49. The Morgan fingerprint density at radius 1 is 1.41 bits per heavy atom. The first-order valence-electron chi connectivity index (χ1n) is 5.46. The lowest BCUT2D eigenvalue weighted by Gasteiger charge is -2.04. The predicted octanol–water partition coefficient (Wildman–Crippen LogP) is 2.63. The van der Waals surface area contributed by atoms with E-state index in [9.17, 15) is 4.79 Å². The normalized spacial score (nSPS) is 14.9. The molecule has 1 N–H and O–H groups in total. The van der Waals surface area contributed by atoms with Gasteiger partial charge in [0.2, 0.25) is 11.9 Å². The second kappa shape index (κ2) is 3.96. The number of anilines is 1. The number of nitrogens with zero attached hydrogens (tertiary/aromatic N) is 2. The van der Waals surface area contributed by atoms with Crippen LogP contribution in [0, 0.1) is 5.92 Å². The van der Waals surface area contributed by atoms with Gasteiger partial charge in [-0.15, -0.1) is 0 Å². The Hall–Kier alpha value is -1.68. The maximum Gasteiger partial charge on any atom is 0.230 e. The van der Waals surface area contributed by atoms with Crippen LogP contribution in [0.15, 0.2) is 24.4 Å². The van der Waals surface area contributed by atoms with Gasteiger partial charge in [-0.2, -0.15) is 0 Å². The zero-order valence-corrected chi connectivity index (χ0v) is 9.74. The Kier molecular flexibility index (Phi) is 2.44. The highest BCUT2D eigenvalue weighted by molar-refractivity contribution is 6.35. The molecule has 0 spiro atoms. The maximum absolute atomic E-state index is 11.6. The van der Waals surface area contributed by atoms with E-state index in [0.29, 0.717) is 16.5 Å². The highest BCUT2D eigenvalue weighted by atomic mass is 35.5. The molecule has 17 heavy (non-hydrogen) atoms. The first-order valence-corrected chi connectivity index (χ1v) is 5.84. The van der Waals surface area contributed by atoms with Crippen LogP contribution in [0.3, 0.4) is 0 Å². The molecular formula is C12H10ClN3O. The largest absolute Gasteiger partial charge is 0.294 e. The minimum absolute atomic E-state index is 0.00333. The van der Waals surface area contributed by atoms with E-state index in [0.717, 1.165) is 18.2 Å². The summed E-state index contributed by atoms with van der Waals surface area (Å²) in [7, 11) is 0. The molecule has 0 radical (unpaired) electrons. The van der Waals surface area contributed by atoms with Gasteiger partial charge < -0.3 is 0 Å². The van der Waals surface area contributed by atoms with Crippen molar-refractivity contribution in [3.63, 3.8) is 0 Å². The monoisotopic (exact) mass is 247 g/mol. The van der Waals surface area contributed by atoms with Gasteiger partial charge in [0.1, 0.15) is 0 Å². The van der Waals surface area contributed by atoms with Gasteiger partial charge in [-0.05, 0) is 18.9 Å². The van der Waals surface area contributed by atoms with Crippen LogP contribution >= 0.6 is 11.6 Å². The summed E-state index contributed by atoms with van der Waals surface area (Å²) >= 11 is 6.04. The fraction of sp³-hybridized carbons (Fsp3) is 0.250. The number of hydrogen-bond acceptors (Lipinski definition) is 3. The number of hydrogen-bond donors (Lipinski definition) is 1. The van der Waals surface area contributed by atoms with Crippen LogP contribution < -0.4 is 5.32 Å². The second-order valence-corrected chi connectivity index (χ2v) is 4.54. The van der Waals surface area contributed by atoms with Crippen LogP contribution in [0.4, 0.5) is 5.95 Å². The van der Waals surface area contributed by atoms with Crippen molar-refractivity contribution in [3.8, 4) is 0 Å². The number of halogens is 1. The number of para-hydroxylation sites is 1. The predicted molar refractivity (Wildman–Crippen MR) is 65.9 cm³/mol. The summed E-state index contributed by atoms with van der Waals surface area (Å²) in [4.78, 5) is 19.9. The molecule has 3 rings (SSSR count). The van der Waals surface area contributed by atoms with E-state index in [1.54, 1.807) is 12.3 Å². The smallest absolute Gasteiger partial charge is 0.230 e. The molecule has 0 bridgehead atoms. The number of aromatic nitrogens is 2. The lowest BCUT2D eigenvalue weighted by molar-refractivity contribution is -0.117.